The average molecular weight is 449 g/mol. The van der Waals surface area contributed by atoms with Crippen molar-refractivity contribution < 1.29 is 9.53 Å². The third-order valence-electron chi connectivity index (χ3n) is 6.17. The molecule has 33 heavy (non-hydrogen) atoms. The van der Waals surface area contributed by atoms with E-state index in [0.717, 1.165) is 18.4 Å². The molecule has 0 aliphatic carbocycles. The topological polar surface area (TPSA) is 26.3 Å². The molecule has 180 valence electrons. The fourth-order valence-corrected chi connectivity index (χ4v) is 4.05. The van der Waals surface area contributed by atoms with Crippen LogP contribution in [0.5, 0.6) is 5.75 Å². The van der Waals surface area contributed by atoms with Gasteiger partial charge in [-0.2, -0.15) is 0 Å². The number of esters is 1. The Bertz CT molecular complexity index is 787. The van der Waals surface area contributed by atoms with Crippen LogP contribution in [0.15, 0.2) is 54.6 Å². The lowest BCUT2D eigenvalue weighted by atomic mass is 10.0. The Morgan fingerprint density at radius 1 is 0.636 bits per heavy atom. The van der Waals surface area contributed by atoms with E-state index >= 15 is 0 Å². The van der Waals surface area contributed by atoms with Gasteiger partial charge >= 0.3 is 5.97 Å². The Kier molecular flexibility index (Phi) is 14.0. The number of carbonyl (C=O) groups excluding carboxylic acids is 1. The third-order valence-corrected chi connectivity index (χ3v) is 6.17. The normalized spacial score (nSPS) is 11.2. The first-order valence-corrected chi connectivity index (χ1v) is 13.3. The summed E-state index contributed by atoms with van der Waals surface area (Å²) in [5, 5.41) is 0. The summed E-state index contributed by atoms with van der Waals surface area (Å²) in [5.74, 6) is 0.264. The van der Waals surface area contributed by atoms with Crippen molar-refractivity contribution in [3.8, 4) is 5.75 Å². The summed E-state index contributed by atoms with van der Waals surface area (Å²) in [4.78, 5) is 12.2. The second-order valence-electron chi connectivity index (χ2n) is 9.18. The molecule has 0 bridgehead atoms. The monoisotopic (exact) mass is 448 g/mol. The van der Waals surface area contributed by atoms with E-state index in [0.29, 0.717) is 5.75 Å². The lowest BCUT2D eigenvalue weighted by molar-refractivity contribution is -0.128. The van der Waals surface area contributed by atoms with Crippen LogP contribution in [0.3, 0.4) is 0 Å². The van der Waals surface area contributed by atoms with Crippen LogP contribution in [-0.4, -0.2) is 5.97 Å². The number of hydrogen-bond donors (Lipinski definition) is 0. The zero-order valence-electron chi connectivity index (χ0n) is 21.0. The largest absolute Gasteiger partial charge is 0.423 e. The van der Waals surface area contributed by atoms with Crippen molar-refractivity contribution in [1.29, 1.82) is 0 Å². The summed E-state index contributed by atoms with van der Waals surface area (Å²) in [5.41, 5.74) is 3.70. The quantitative estimate of drug-likeness (QED) is 0.104. The van der Waals surface area contributed by atoms with Crippen molar-refractivity contribution in [3.05, 3.63) is 71.3 Å². The van der Waals surface area contributed by atoms with Gasteiger partial charge in [0.25, 0.3) is 0 Å². The zero-order chi connectivity index (χ0) is 23.6. The fourth-order valence-electron chi connectivity index (χ4n) is 4.05. The standard InChI is InChI=1S/C31H44O2/c1-3-5-7-9-11-13-15-27-17-19-29(20-18-27)23-26-31(32)33-30-24-21-28(22-25-30)16-14-12-10-8-6-4-2/h17-26H,3-16H2,1-2H3/b26-23+. The van der Waals surface area contributed by atoms with E-state index in [-0.39, 0.29) is 5.97 Å². The lowest BCUT2D eigenvalue weighted by Gasteiger charge is -2.05. The molecule has 0 unspecified atom stereocenters. The van der Waals surface area contributed by atoms with Gasteiger partial charge < -0.3 is 4.74 Å². The van der Waals surface area contributed by atoms with Crippen LogP contribution in [0.1, 0.15) is 108 Å². The highest BCUT2D eigenvalue weighted by atomic mass is 16.5. The molecule has 0 heterocycles. The maximum absolute atomic E-state index is 12.2. The van der Waals surface area contributed by atoms with Crippen LogP contribution >= 0.6 is 0 Å². The number of aryl methyl sites for hydroxylation is 2. The van der Waals surface area contributed by atoms with Gasteiger partial charge in [0.1, 0.15) is 5.75 Å². The average Bonchev–Trinajstić information content (AvgIpc) is 2.84. The Balaban J connectivity index is 1.67. The number of rotatable bonds is 17. The summed E-state index contributed by atoms with van der Waals surface area (Å²) in [6, 6.07) is 16.4. The lowest BCUT2D eigenvalue weighted by Crippen LogP contribution is -2.03. The van der Waals surface area contributed by atoms with Crippen molar-refractivity contribution in [2.24, 2.45) is 0 Å². The van der Waals surface area contributed by atoms with Crippen molar-refractivity contribution >= 4 is 12.0 Å². The molecule has 2 nitrogen and oxygen atoms in total. The van der Waals surface area contributed by atoms with Crippen LogP contribution in [-0.2, 0) is 17.6 Å². The van der Waals surface area contributed by atoms with Gasteiger partial charge in [-0.05, 0) is 60.6 Å². The molecule has 0 aliphatic heterocycles. The molecule has 0 aliphatic rings. The highest BCUT2D eigenvalue weighted by Gasteiger charge is 2.02. The Labute approximate surface area is 202 Å². The minimum atomic E-state index is -0.338. The molecule has 0 N–H and O–H groups in total. The molecule has 0 fully saturated rings. The van der Waals surface area contributed by atoms with E-state index in [1.807, 2.05) is 18.2 Å². The molecule has 0 spiro atoms. The predicted octanol–water partition coefficient (Wildman–Crippen LogP) is 9.11. The van der Waals surface area contributed by atoms with Crippen LogP contribution < -0.4 is 4.74 Å². The zero-order valence-corrected chi connectivity index (χ0v) is 21.0. The molecule has 0 saturated heterocycles. The van der Waals surface area contributed by atoms with Gasteiger partial charge in [-0.15, -0.1) is 0 Å². The van der Waals surface area contributed by atoms with Crippen LogP contribution in [0.25, 0.3) is 6.08 Å². The van der Waals surface area contributed by atoms with Crippen molar-refractivity contribution in [2.45, 2.75) is 104 Å². The molecule has 2 rings (SSSR count). The molecule has 0 radical (unpaired) electrons. The summed E-state index contributed by atoms with van der Waals surface area (Å²) < 4.78 is 5.45. The molecule has 2 aromatic carbocycles. The second kappa shape index (κ2) is 17.2. The maximum atomic E-state index is 12.2. The molecule has 0 amide bonds. The molecule has 0 saturated carbocycles. The summed E-state index contributed by atoms with van der Waals surface area (Å²) >= 11 is 0. The van der Waals surface area contributed by atoms with Crippen LogP contribution in [0.2, 0.25) is 0 Å². The minimum absolute atomic E-state index is 0.338. The smallest absolute Gasteiger partial charge is 0.336 e. The molecular formula is C31H44O2. The maximum Gasteiger partial charge on any atom is 0.336 e. The van der Waals surface area contributed by atoms with Gasteiger partial charge in [0.15, 0.2) is 0 Å². The van der Waals surface area contributed by atoms with Gasteiger partial charge in [-0.3, -0.25) is 0 Å². The van der Waals surface area contributed by atoms with Gasteiger partial charge in [-0.1, -0.05) is 114 Å². The molecule has 2 aromatic rings. The van der Waals surface area contributed by atoms with E-state index in [1.165, 1.54) is 94.3 Å². The van der Waals surface area contributed by atoms with E-state index in [2.05, 4.69) is 50.2 Å². The summed E-state index contributed by atoms with van der Waals surface area (Å²) in [7, 11) is 0. The molecular weight excluding hydrogens is 404 g/mol. The predicted molar refractivity (Wildman–Crippen MR) is 142 cm³/mol. The Hall–Kier alpha value is -2.35. The Morgan fingerprint density at radius 3 is 1.61 bits per heavy atom. The molecule has 0 aromatic heterocycles. The van der Waals surface area contributed by atoms with Gasteiger partial charge in [-0.25, -0.2) is 4.79 Å². The van der Waals surface area contributed by atoms with E-state index in [1.54, 1.807) is 0 Å². The summed E-state index contributed by atoms with van der Waals surface area (Å²) in [6.07, 6.45) is 21.3. The van der Waals surface area contributed by atoms with Gasteiger partial charge in [0.2, 0.25) is 0 Å². The van der Waals surface area contributed by atoms with E-state index < -0.39 is 0 Å². The van der Waals surface area contributed by atoms with Crippen molar-refractivity contribution in [3.63, 3.8) is 0 Å². The first kappa shape index (κ1) is 26.9. The van der Waals surface area contributed by atoms with Crippen LogP contribution in [0.4, 0.5) is 0 Å². The van der Waals surface area contributed by atoms with Crippen LogP contribution in [0, 0.1) is 0 Å². The first-order chi connectivity index (χ1) is 16.2. The van der Waals surface area contributed by atoms with Gasteiger partial charge in [0, 0.05) is 6.08 Å². The van der Waals surface area contributed by atoms with E-state index in [4.69, 9.17) is 4.74 Å². The highest BCUT2D eigenvalue weighted by molar-refractivity contribution is 5.88. The fraction of sp³-hybridized carbons (Fsp3) is 0.516. The number of hydrogen-bond acceptors (Lipinski definition) is 2. The van der Waals surface area contributed by atoms with Crippen molar-refractivity contribution in [1.82, 2.24) is 0 Å². The number of benzene rings is 2. The first-order valence-electron chi connectivity index (χ1n) is 13.3. The van der Waals surface area contributed by atoms with Gasteiger partial charge in [0.05, 0.1) is 0 Å². The molecule has 0 atom stereocenters. The number of carbonyl (C=O) groups is 1. The molecule has 2 heteroatoms. The van der Waals surface area contributed by atoms with Crippen molar-refractivity contribution in [2.75, 3.05) is 0 Å². The highest BCUT2D eigenvalue weighted by Crippen LogP contribution is 2.16. The SMILES string of the molecule is CCCCCCCCc1ccc(/C=C/C(=O)Oc2ccc(CCCCCCCC)cc2)cc1. The second-order valence-corrected chi connectivity index (χ2v) is 9.18. The minimum Gasteiger partial charge on any atom is -0.423 e. The number of ether oxygens (including phenoxy) is 1. The number of unbranched alkanes of at least 4 members (excludes halogenated alkanes) is 10. The Morgan fingerprint density at radius 2 is 1.09 bits per heavy atom. The van der Waals surface area contributed by atoms with E-state index in [9.17, 15) is 4.79 Å². The summed E-state index contributed by atoms with van der Waals surface area (Å²) in [6.45, 7) is 4.50. The third kappa shape index (κ3) is 12.5.